The molecule has 0 aliphatic rings. The molecule has 0 aliphatic heterocycles. The van der Waals surface area contributed by atoms with E-state index in [0.717, 1.165) is 0 Å². The van der Waals surface area contributed by atoms with Crippen molar-refractivity contribution in [1.29, 1.82) is 5.26 Å². The number of aryl methyl sites for hydroxylation is 1. The number of nitrogens with two attached hydrogens (primary N) is 1. The van der Waals surface area contributed by atoms with Crippen molar-refractivity contribution in [3.05, 3.63) is 75.3 Å². The monoisotopic (exact) mass is 432 g/mol. The quantitative estimate of drug-likeness (QED) is 0.501. The first-order chi connectivity index (χ1) is 14.9. The summed E-state index contributed by atoms with van der Waals surface area (Å²) in [6, 6.07) is 10.00. The zero-order valence-corrected chi connectivity index (χ0v) is 17.4. The van der Waals surface area contributed by atoms with Gasteiger partial charge in [-0.1, -0.05) is 17.7 Å². The van der Waals surface area contributed by atoms with Gasteiger partial charge in [-0.05, 0) is 38.1 Å². The van der Waals surface area contributed by atoms with Crippen LogP contribution in [0.2, 0.25) is 5.02 Å². The predicted molar refractivity (Wildman–Crippen MR) is 118 cm³/mol. The maximum Gasteiger partial charge on any atom is 0.267 e. The molecule has 154 valence electrons. The van der Waals surface area contributed by atoms with Crippen molar-refractivity contribution >= 4 is 34.1 Å². The molecule has 0 saturated heterocycles. The van der Waals surface area contributed by atoms with Gasteiger partial charge in [0.05, 0.1) is 34.4 Å². The molecule has 0 amide bonds. The summed E-state index contributed by atoms with van der Waals surface area (Å²) < 4.78 is 1.43. The molecule has 1 atom stereocenters. The van der Waals surface area contributed by atoms with Crippen LogP contribution in [0.5, 0.6) is 0 Å². The first kappa shape index (κ1) is 20.3. The summed E-state index contributed by atoms with van der Waals surface area (Å²) in [4.78, 5) is 30.7. The minimum Gasteiger partial charge on any atom is -0.382 e. The number of pyridine rings is 1. The maximum absolute atomic E-state index is 13.5. The van der Waals surface area contributed by atoms with Gasteiger partial charge in [0.15, 0.2) is 5.82 Å². The molecule has 4 aromatic rings. The number of hydrogen-bond acceptors (Lipinski definition) is 8. The lowest BCUT2D eigenvalue weighted by Crippen LogP contribution is -2.28. The number of benzene rings is 1. The largest absolute Gasteiger partial charge is 0.382 e. The summed E-state index contributed by atoms with van der Waals surface area (Å²) in [6.07, 6.45) is 3.16. The Morgan fingerprint density at radius 2 is 2.03 bits per heavy atom. The SMILES string of the molecule is Cc1nc(N)c(Cl)c(N[C@@H](C)c2nc3cccc(C#N)c3c(=O)n2-c2cccnc2)n1. The van der Waals surface area contributed by atoms with Crippen molar-refractivity contribution in [1.82, 2.24) is 24.5 Å². The minimum atomic E-state index is -0.505. The standard InChI is InChI=1S/C21H17ClN8O/c1-11(26-19-17(22)18(24)27-12(2)28-19)20-29-15-7-3-5-13(9-23)16(15)21(31)30(20)14-6-4-8-25-10-14/h3-8,10-11H,1-2H3,(H3,24,26,27,28)/t11-/m0/s1. The van der Waals surface area contributed by atoms with Gasteiger partial charge in [0.2, 0.25) is 0 Å². The molecule has 0 saturated carbocycles. The van der Waals surface area contributed by atoms with Crippen LogP contribution in [-0.2, 0) is 0 Å². The molecule has 9 nitrogen and oxygen atoms in total. The van der Waals surface area contributed by atoms with Crippen molar-refractivity contribution in [3.8, 4) is 11.8 Å². The fourth-order valence-electron chi connectivity index (χ4n) is 3.31. The van der Waals surface area contributed by atoms with E-state index >= 15 is 0 Å². The van der Waals surface area contributed by atoms with Crippen LogP contribution in [0.1, 0.15) is 30.2 Å². The Morgan fingerprint density at radius 1 is 1.23 bits per heavy atom. The second-order valence-electron chi connectivity index (χ2n) is 6.82. The van der Waals surface area contributed by atoms with Crippen molar-refractivity contribution in [2.24, 2.45) is 0 Å². The van der Waals surface area contributed by atoms with E-state index in [2.05, 4.69) is 26.3 Å². The fourth-order valence-corrected chi connectivity index (χ4v) is 3.45. The molecule has 0 unspecified atom stereocenters. The third-order valence-electron chi connectivity index (χ3n) is 4.68. The highest BCUT2D eigenvalue weighted by atomic mass is 35.5. The second kappa shape index (κ2) is 8.01. The van der Waals surface area contributed by atoms with E-state index in [1.165, 1.54) is 4.57 Å². The van der Waals surface area contributed by atoms with Crippen LogP contribution in [-0.4, -0.2) is 24.5 Å². The smallest absolute Gasteiger partial charge is 0.267 e. The van der Waals surface area contributed by atoms with E-state index in [4.69, 9.17) is 22.3 Å². The Hall–Kier alpha value is -4.03. The number of fused-ring (bicyclic) bond motifs is 1. The summed E-state index contributed by atoms with van der Waals surface area (Å²) in [6.45, 7) is 3.52. The average Bonchev–Trinajstić information content (AvgIpc) is 2.77. The summed E-state index contributed by atoms with van der Waals surface area (Å²) >= 11 is 6.27. The number of nitrogens with one attached hydrogen (secondary N) is 1. The fraction of sp³-hybridized carbons (Fsp3) is 0.143. The van der Waals surface area contributed by atoms with Gasteiger partial charge in [0, 0.05) is 6.20 Å². The lowest BCUT2D eigenvalue weighted by atomic mass is 10.1. The van der Waals surface area contributed by atoms with Crippen LogP contribution in [0.15, 0.2) is 47.5 Å². The maximum atomic E-state index is 13.5. The molecule has 10 heteroatoms. The van der Waals surface area contributed by atoms with Crippen LogP contribution in [0, 0.1) is 18.3 Å². The van der Waals surface area contributed by atoms with E-state index in [1.807, 2.05) is 6.92 Å². The van der Waals surface area contributed by atoms with E-state index in [1.54, 1.807) is 49.6 Å². The molecule has 31 heavy (non-hydrogen) atoms. The van der Waals surface area contributed by atoms with Gasteiger partial charge in [-0.25, -0.2) is 15.0 Å². The van der Waals surface area contributed by atoms with Crippen molar-refractivity contribution < 1.29 is 0 Å². The molecule has 0 spiro atoms. The van der Waals surface area contributed by atoms with Crippen LogP contribution < -0.4 is 16.6 Å². The van der Waals surface area contributed by atoms with Crippen molar-refractivity contribution in [2.45, 2.75) is 19.9 Å². The van der Waals surface area contributed by atoms with Gasteiger partial charge in [-0.15, -0.1) is 0 Å². The summed E-state index contributed by atoms with van der Waals surface area (Å²) in [7, 11) is 0. The Bertz CT molecular complexity index is 1390. The number of rotatable bonds is 4. The summed E-state index contributed by atoms with van der Waals surface area (Å²) in [5.74, 6) is 1.33. The van der Waals surface area contributed by atoms with Crippen molar-refractivity contribution in [3.63, 3.8) is 0 Å². The van der Waals surface area contributed by atoms with Gasteiger partial charge in [0.1, 0.15) is 28.6 Å². The number of nitrogen functional groups attached to an aromatic ring is 1. The lowest BCUT2D eigenvalue weighted by Gasteiger charge is -2.21. The van der Waals surface area contributed by atoms with Crippen LogP contribution >= 0.6 is 11.6 Å². The Kier molecular flexibility index (Phi) is 5.23. The topological polar surface area (TPSA) is 135 Å². The van der Waals surface area contributed by atoms with Gasteiger partial charge in [0.25, 0.3) is 5.56 Å². The number of halogens is 1. The lowest BCUT2D eigenvalue weighted by molar-refractivity contribution is 0.728. The van der Waals surface area contributed by atoms with Crippen molar-refractivity contribution in [2.75, 3.05) is 11.1 Å². The molecule has 3 aromatic heterocycles. The van der Waals surface area contributed by atoms with Gasteiger partial charge >= 0.3 is 0 Å². The molecule has 1 aromatic carbocycles. The van der Waals surface area contributed by atoms with Gasteiger partial charge in [-0.3, -0.25) is 14.3 Å². The first-order valence-corrected chi connectivity index (χ1v) is 9.70. The number of aromatic nitrogens is 5. The Labute approximate surface area is 182 Å². The number of nitrogens with zero attached hydrogens (tertiary/aromatic N) is 6. The third kappa shape index (κ3) is 3.65. The van der Waals surface area contributed by atoms with Crippen LogP contribution in [0.3, 0.4) is 0 Å². The highest BCUT2D eigenvalue weighted by Crippen LogP contribution is 2.28. The second-order valence-corrected chi connectivity index (χ2v) is 7.20. The van der Waals surface area contributed by atoms with E-state index < -0.39 is 6.04 Å². The zero-order valence-electron chi connectivity index (χ0n) is 16.7. The summed E-state index contributed by atoms with van der Waals surface area (Å²) in [5.41, 5.74) is 6.67. The van der Waals surface area contributed by atoms with Crippen LogP contribution in [0.25, 0.3) is 16.6 Å². The molecule has 3 N–H and O–H groups in total. The first-order valence-electron chi connectivity index (χ1n) is 9.33. The van der Waals surface area contributed by atoms with Gasteiger partial charge in [-0.2, -0.15) is 5.26 Å². The predicted octanol–water partition coefficient (Wildman–Crippen LogP) is 3.16. The molecule has 0 fully saturated rings. The molecule has 4 rings (SSSR count). The van der Waals surface area contributed by atoms with E-state index in [9.17, 15) is 10.1 Å². The minimum absolute atomic E-state index is 0.152. The molecule has 0 radical (unpaired) electrons. The molecule has 3 heterocycles. The van der Waals surface area contributed by atoms with E-state index in [-0.39, 0.29) is 27.3 Å². The van der Waals surface area contributed by atoms with Crippen LogP contribution in [0.4, 0.5) is 11.6 Å². The zero-order chi connectivity index (χ0) is 22.1. The molecular formula is C21H17ClN8O. The number of anilines is 2. The highest BCUT2D eigenvalue weighted by molar-refractivity contribution is 6.35. The molecular weight excluding hydrogens is 416 g/mol. The number of nitriles is 1. The van der Waals surface area contributed by atoms with Gasteiger partial charge < -0.3 is 11.1 Å². The third-order valence-corrected chi connectivity index (χ3v) is 5.05. The molecule has 0 bridgehead atoms. The van der Waals surface area contributed by atoms with E-state index in [0.29, 0.717) is 28.7 Å². The normalized spacial score (nSPS) is 11.8. The number of hydrogen-bond donors (Lipinski definition) is 2. The highest BCUT2D eigenvalue weighted by Gasteiger charge is 2.21. The average molecular weight is 433 g/mol. The molecule has 0 aliphatic carbocycles. The Balaban J connectivity index is 1.95. The Morgan fingerprint density at radius 3 is 2.74 bits per heavy atom. The summed E-state index contributed by atoms with van der Waals surface area (Å²) in [5, 5.41) is 13.1.